The fourth-order valence-corrected chi connectivity index (χ4v) is 4.04. The van der Waals surface area contributed by atoms with Crippen LogP contribution in [0.4, 0.5) is 0 Å². The lowest BCUT2D eigenvalue weighted by Crippen LogP contribution is -2.47. The molecule has 1 aromatic heterocycles. The Morgan fingerprint density at radius 3 is 2.33 bits per heavy atom. The monoisotopic (exact) mass is 452 g/mol. The predicted molar refractivity (Wildman–Crippen MR) is 122 cm³/mol. The molecule has 2 heterocycles. The summed E-state index contributed by atoms with van der Waals surface area (Å²) >= 11 is 0. The minimum absolute atomic E-state index is 0.0367. The third kappa shape index (κ3) is 5.31. The van der Waals surface area contributed by atoms with Gasteiger partial charge in [0.25, 0.3) is 5.56 Å². The molecule has 1 aliphatic rings. The van der Waals surface area contributed by atoms with E-state index in [2.05, 4.69) is 4.98 Å². The molecule has 0 radical (unpaired) electrons. The van der Waals surface area contributed by atoms with Crippen LogP contribution in [-0.4, -0.2) is 40.1 Å². The van der Waals surface area contributed by atoms with Crippen molar-refractivity contribution in [3.8, 4) is 0 Å². The van der Waals surface area contributed by atoms with Gasteiger partial charge in [0.2, 0.25) is 0 Å². The smallest absolute Gasteiger partial charge is 0.330 e. The second-order valence-corrected chi connectivity index (χ2v) is 8.24. The van der Waals surface area contributed by atoms with Crippen LogP contribution in [-0.2, 0) is 33.1 Å². The third-order valence-corrected chi connectivity index (χ3v) is 5.79. The second kappa shape index (κ2) is 10.3. The molecule has 0 saturated carbocycles. The molecule has 2 N–H and O–H groups in total. The highest BCUT2D eigenvalue weighted by Crippen LogP contribution is 2.37. The number of ether oxygens (including phenoxy) is 3. The fourth-order valence-electron chi connectivity index (χ4n) is 4.04. The van der Waals surface area contributed by atoms with Gasteiger partial charge in [-0.25, -0.2) is 4.79 Å². The Bertz CT molecular complexity index is 1160. The summed E-state index contributed by atoms with van der Waals surface area (Å²) in [5, 5.41) is 9.99. The molecule has 0 unspecified atom stereocenters. The molecule has 0 spiro atoms. The van der Waals surface area contributed by atoms with Crippen molar-refractivity contribution in [1.29, 1.82) is 0 Å². The van der Waals surface area contributed by atoms with Gasteiger partial charge in [-0.2, -0.15) is 0 Å². The van der Waals surface area contributed by atoms with E-state index >= 15 is 0 Å². The predicted octanol–water partition coefficient (Wildman–Crippen LogP) is 2.08. The average Bonchev–Trinajstić information content (AvgIpc) is 3.20. The number of aliphatic hydroxyl groups excluding tert-OH is 1. The maximum atomic E-state index is 12.8. The lowest BCUT2D eigenvalue weighted by Gasteiger charge is -2.31. The number of hydrogen-bond donors (Lipinski definition) is 2. The van der Waals surface area contributed by atoms with Gasteiger partial charge in [0.05, 0.1) is 32.5 Å². The van der Waals surface area contributed by atoms with Gasteiger partial charge < -0.3 is 19.3 Å². The minimum Gasteiger partial charge on any atom is -0.394 e. The molecule has 3 aromatic rings. The summed E-state index contributed by atoms with van der Waals surface area (Å²) in [5.41, 5.74) is 0.0416. The number of rotatable bonds is 9. The van der Waals surface area contributed by atoms with Gasteiger partial charge >= 0.3 is 5.69 Å². The number of aromatic nitrogens is 2. The maximum Gasteiger partial charge on any atom is 0.330 e. The first-order valence-corrected chi connectivity index (χ1v) is 10.9. The SMILES string of the molecule is Cc1cn([C@@]2(COCc3ccccc3)C[C@H](OCc3ccccc3)[C@@H](CO)O2)c(=O)[nH]c1=O. The van der Waals surface area contributed by atoms with Crippen LogP contribution in [0.25, 0.3) is 0 Å². The molecular weight excluding hydrogens is 424 g/mol. The fraction of sp³-hybridized carbons (Fsp3) is 0.360. The molecule has 0 amide bonds. The number of hydrogen-bond acceptors (Lipinski definition) is 6. The van der Waals surface area contributed by atoms with Crippen molar-refractivity contribution in [3.05, 3.63) is 104 Å². The van der Waals surface area contributed by atoms with Gasteiger partial charge in [0.15, 0.2) is 5.72 Å². The Balaban J connectivity index is 1.60. The normalized spacial score (nSPS) is 22.5. The molecular formula is C25H28N2O6. The Labute approximate surface area is 191 Å². The third-order valence-electron chi connectivity index (χ3n) is 5.79. The van der Waals surface area contributed by atoms with Gasteiger partial charge in [-0.3, -0.25) is 14.3 Å². The van der Waals surface area contributed by atoms with Gasteiger partial charge in [-0.15, -0.1) is 0 Å². The highest BCUT2D eigenvalue weighted by molar-refractivity contribution is 5.14. The van der Waals surface area contributed by atoms with Crippen LogP contribution in [0.5, 0.6) is 0 Å². The molecule has 3 atom stereocenters. The van der Waals surface area contributed by atoms with Crippen molar-refractivity contribution in [3.63, 3.8) is 0 Å². The molecule has 1 aliphatic heterocycles. The van der Waals surface area contributed by atoms with Crippen molar-refractivity contribution in [1.82, 2.24) is 9.55 Å². The lowest BCUT2D eigenvalue weighted by molar-refractivity contribution is -0.159. The quantitative estimate of drug-likeness (QED) is 0.515. The van der Waals surface area contributed by atoms with E-state index in [-0.39, 0.29) is 19.6 Å². The zero-order valence-corrected chi connectivity index (χ0v) is 18.5. The molecule has 1 fully saturated rings. The van der Waals surface area contributed by atoms with E-state index in [1.165, 1.54) is 10.8 Å². The van der Waals surface area contributed by atoms with Gasteiger partial charge in [-0.05, 0) is 18.1 Å². The summed E-state index contributed by atoms with van der Waals surface area (Å²) in [7, 11) is 0. The molecule has 8 nitrogen and oxygen atoms in total. The second-order valence-electron chi connectivity index (χ2n) is 8.24. The van der Waals surface area contributed by atoms with Crippen molar-refractivity contribution in [2.24, 2.45) is 0 Å². The number of aromatic amines is 1. The summed E-state index contributed by atoms with van der Waals surface area (Å²) in [6.45, 7) is 2.04. The highest BCUT2D eigenvalue weighted by atomic mass is 16.6. The van der Waals surface area contributed by atoms with E-state index in [1.807, 2.05) is 60.7 Å². The lowest BCUT2D eigenvalue weighted by atomic mass is 10.1. The first kappa shape index (κ1) is 23.1. The Morgan fingerprint density at radius 2 is 1.70 bits per heavy atom. The zero-order chi connectivity index (χ0) is 23.3. The average molecular weight is 453 g/mol. The first-order chi connectivity index (χ1) is 16.0. The van der Waals surface area contributed by atoms with E-state index in [1.54, 1.807) is 6.92 Å². The Hall–Kier alpha value is -3.04. The number of H-pyrrole nitrogens is 1. The Kier molecular flexibility index (Phi) is 7.20. The van der Waals surface area contributed by atoms with Crippen molar-refractivity contribution < 1.29 is 19.3 Å². The molecule has 8 heteroatoms. The van der Waals surface area contributed by atoms with E-state index in [0.29, 0.717) is 18.8 Å². The number of aliphatic hydroxyl groups is 1. The molecule has 0 bridgehead atoms. The Morgan fingerprint density at radius 1 is 1.06 bits per heavy atom. The largest absolute Gasteiger partial charge is 0.394 e. The topological polar surface area (TPSA) is 103 Å². The summed E-state index contributed by atoms with van der Waals surface area (Å²) < 4.78 is 19.7. The standard InChI is InChI=1S/C25H28N2O6/c1-18-13-27(24(30)26-23(18)29)25(17-31-15-19-8-4-2-5-9-19)12-21(22(14-28)33-25)32-16-20-10-6-3-7-11-20/h2-11,13,21-22,28H,12,14-17H2,1H3,(H,26,29,30)/t21-,22+,25-/m0/s1. The van der Waals surface area contributed by atoms with Gasteiger partial charge in [0.1, 0.15) is 6.10 Å². The zero-order valence-electron chi connectivity index (χ0n) is 18.5. The van der Waals surface area contributed by atoms with Crippen LogP contribution in [0.1, 0.15) is 23.1 Å². The summed E-state index contributed by atoms with van der Waals surface area (Å²) in [4.78, 5) is 27.1. The maximum absolute atomic E-state index is 12.8. The molecule has 0 aliphatic carbocycles. The van der Waals surface area contributed by atoms with Crippen LogP contribution in [0.2, 0.25) is 0 Å². The minimum atomic E-state index is -1.24. The van der Waals surface area contributed by atoms with E-state index in [9.17, 15) is 14.7 Å². The first-order valence-electron chi connectivity index (χ1n) is 10.9. The summed E-state index contributed by atoms with van der Waals surface area (Å²) in [6.07, 6.45) is 0.606. The molecule has 4 rings (SSSR count). The van der Waals surface area contributed by atoms with E-state index in [0.717, 1.165) is 11.1 Å². The number of nitrogens with one attached hydrogen (secondary N) is 1. The van der Waals surface area contributed by atoms with Crippen molar-refractivity contribution >= 4 is 0 Å². The number of aryl methyl sites for hydroxylation is 1. The number of nitrogens with zero attached hydrogens (tertiary/aromatic N) is 1. The van der Waals surface area contributed by atoms with Crippen molar-refractivity contribution in [2.45, 2.75) is 44.5 Å². The molecule has 174 valence electrons. The van der Waals surface area contributed by atoms with Crippen LogP contribution < -0.4 is 11.2 Å². The molecule has 33 heavy (non-hydrogen) atoms. The summed E-state index contributed by atoms with van der Waals surface area (Å²) in [5.74, 6) is 0. The van der Waals surface area contributed by atoms with Crippen LogP contribution in [0, 0.1) is 6.92 Å². The van der Waals surface area contributed by atoms with Gasteiger partial charge in [0, 0.05) is 18.2 Å². The molecule has 1 saturated heterocycles. The van der Waals surface area contributed by atoms with Crippen LogP contribution in [0.3, 0.4) is 0 Å². The van der Waals surface area contributed by atoms with E-state index in [4.69, 9.17) is 14.2 Å². The van der Waals surface area contributed by atoms with Crippen LogP contribution >= 0.6 is 0 Å². The number of benzene rings is 2. The summed E-state index contributed by atoms with van der Waals surface area (Å²) in [6, 6.07) is 19.4. The highest BCUT2D eigenvalue weighted by Gasteiger charge is 2.49. The van der Waals surface area contributed by atoms with Gasteiger partial charge in [-0.1, -0.05) is 60.7 Å². The van der Waals surface area contributed by atoms with E-state index < -0.39 is 29.2 Å². The van der Waals surface area contributed by atoms with Crippen molar-refractivity contribution in [2.75, 3.05) is 13.2 Å². The van der Waals surface area contributed by atoms with Crippen LogP contribution in [0.15, 0.2) is 76.4 Å². The molecule has 2 aromatic carbocycles.